The highest BCUT2D eigenvalue weighted by Crippen LogP contribution is 2.26. The molecule has 9 heteroatoms. The number of carbonyl (C=O) groups excluding carboxylic acids is 1. The molecule has 138 valence electrons. The zero-order valence-electron chi connectivity index (χ0n) is 13.9. The maximum atomic E-state index is 12.5. The number of thiophene rings is 1. The first-order chi connectivity index (χ1) is 12.6. The highest BCUT2D eigenvalue weighted by atomic mass is 35.5. The third-order valence-corrected chi connectivity index (χ3v) is 5.51. The van der Waals surface area contributed by atoms with Crippen molar-refractivity contribution in [1.82, 2.24) is 10.2 Å². The van der Waals surface area contributed by atoms with Crippen LogP contribution < -0.4 is 5.32 Å². The van der Waals surface area contributed by atoms with E-state index in [0.717, 1.165) is 13.1 Å². The molecular formula is C17H18ClN3O4S. The highest BCUT2D eigenvalue weighted by molar-refractivity contribution is 7.10. The van der Waals surface area contributed by atoms with Crippen LogP contribution in [0.3, 0.4) is 0 Å². The van der Waals surface area contributed by atoms with Gasteiger partial charge in [0.2, 0.25) is 0 Å². The van der Waals surface area contributed by atoms with Crippen LogP contribution in [0.25, 0.3) is 0 Å². The number of carbonyl (C=O) groups is 1. The van der Waals surface area contributed by atoms with Gasteiger partial charge in [0.05, 0.1) is 34.8 Å². The number of nitrogens with zero attached hydrogens (tertiary/aromatic N) is 2. The third-order valence-electron chi connectivity index (χ3n) is 4.22. The summed E-state index contributed by atoms with van der Waals surface area (Å²) in [5, 5.41) is 15.8. The Kier molecular flexibility index (Phi) is 6.20. The van der Waals surface area contributed by atoms with Gasteiger partial charge in [0.1, 0.15) is 0 Å². The summed E-state index contributed by atoms with van der Waals surface area (Å²) in [5.41, 5.74) is 0.0838. The molecule has 1 aliphatic rings. The Morgan fingerprint density at radius 2 is 2.15 bits per heavy atom. The summed E-state index contributed by atoms with van der Waals surface area (Å²) in [6.07, 6.45) is 0. The van der Waals surface area contributed by atoms with Gasteiger partial charge in [-0.25, -0.2) is 0 Å². The topological polar surface area (TPSA) is 84.7 Å². The first kappa shape index (κ1) is 18.8. The van der Waals surface area contributed by atoms with Crippen molar-refractivity contribution in [3.05, 3.63) is 61.3 Å². The molecule has 1 atom stereocenters. The number of hydrogen-bond acceptors (Lipinski definition) is 6. The molecule has 1 aliphatic heterocycles. The average Bonchev–Trinajstić information content (AvgIpc) is 3.17. The second kappa shape index (κ2) is 8.59. The second-order valence-electron chi connectivity index (χ2n) is 5.81. The fraction of sp³-hybridized carbons (Fsp3) is 0.353. The molecular weight excluding hydrogens is 378 g/mol. The highest BCUT2D eigenvalue weighted by Gasteiger charge is 2.24. The number of nitro benzene ring substituents is 1. The van der Waals surface area contributed by atoms with E-state index in [1.54, 1.807) is 11.3 Å². The fourth-order valence-corrected chi connectivity index (χ4v) is 3.99. The van der Waals surface area contributed by atoms with Crippen LogP contribution in [-0.2, 0) is 4.74 Å². The zero-order chi connectivity index (χ0) is 18.5. The van der Waals surface area contributed by atoms with Gasteiger partial charge in [-0.1, -0.05) is 17.7 Å². The minimum atomic E-state index is -0.543. The molecule has 3 rings (SSSR count). The van der Waals surface area contributed by atoms with Gasteiger partial charge in [-0.2, -0.15) is 0 Å². The van der Waals surface area contributed by atoms with Crippen LogP contribution in [0.1, 0.15) is 21.3 Å². The number of rotatable bonds is 6. The minimum absolute atomic E-state index is 0.0553. The SMILES string of the molecule is O=C(NC[C@H](c1cccs1)N1CCOCC1)c1ccc([N+](=O)[O-])cc1Cl. The van der Waals surface area contributed by atoms with Gasteiger partial charge in [0.15, 0.2) is 0 Å². The van der Waals surface area contributed by atoms with E-state index < -0.39 is 4.92 Å². The summed E-state index contributed by atoms with van der Waals surface area (Å²) in [7, 11) is 0. The van der Waals surface area contributed by atoms with E-state index in [4.69, 9.17) is 16.3 Å². The van der Waals surface area contributed by atoms with Crippen LogP contribution in [0.15, 0.2) is 35.7 Å². The Balaban J connectivity index is 1.70. The summed E-state index contributed by atoms with van der Waals surface area (Å²) in [6.45, 7) is 3.37. The summed E-state index contributed by atoms with van der Waals surface area (Å²) in [6, 6.07) is 7.94. The average molecular weight is 396 g/mol. The predicted molar refractivity (Wildman–Crippen MR) is 99.9 cm³/mol. The molecule has 0 bridgehead atoms. The molecule has 0 unspecified atom stereocenters. The maximum Gasteiger partial charge on any atom is 0.270 e. The van der Waals surface area contributed by atoms with Crippen molar-refractivity contribution in [2.24, 2.45) is 0 Å². The molecule has 1 aromatic carbocycles. The summed E-state index contributed by atoms with van der Waals surface area (Å²) < 4.78 is 5.41. The number of non-ortho nitro benzene ring substituents is 1. The van der Waals surface area contributed by atoms with Crippen molar-refractivity contribution in [2.75, 3.05) is 32.8 Å². The molecule has 26 heavy (non-hydrogen) atoms. The number of ether oxygens (including phenoxy) is 1. The van der Waals surface area contributed by atoms with E-state index in [1.165, 1.54) is 23.1 Å². The quantitative estimate of drug-likeness (QED) is 0.600. The maximum absolute atomic E-state index is 12.5. The molecule has 0 radical (unpaired) electrons. The lowest BCUT2D eigenvalue weighted by Gasteiger charge is -2.34. The van der Waals surface area contributed by atoms with Gasteiger partial charge in [-0.05, 0) is 17.5 Å². The van der Waals surface area contributed by atoms with E-state index >= 15 is 0 Å². The van der Waals surface area contributed by atoms with Crippen molar-refractivity contribution < 1.29 is 14.5 Å². The minimum Gasteiger partial charge on any atom is -0.379 e. The van der Waals surface area contributed by atoms with Gasteiger partial charge in [-0.15, -0.1) is 11.3 Å². The molecule has 2 heterocycles. The number of hydrogen-bond donors (Lipinski definition) is 1. The van der Waals surface area contributed by atoms with Gasteiger partial charge in [-0.3, -0.25) is 19.8 Å². The lowest BCUT2D eigenvalue weighted by Crippen LogP contribution is -2.43. The number of amides is 1. The van der Waals surface area contributed by atoms with E-state index in [0.29, 0.717) is 19.8 Å². The predicted octanol–water partition coefficient (Wildman–Crippen LogP) is 3.11. The summed E-state index contributed by atoms with van der Waals surface area (Å²) in [5.74, 6) is -0.347. The van der Waals surface area contributed by atoms with Gasteiger partial charge >= 0.3 is 0 Å². The molecule has 2 aromatic rings. The van der Waals surface area contributed by atoms with Crippen LogP contribution in [0.4, 0.5) is 5.69 Å². The number of halogens is 1. The van der Waals surface area contributed by atoms with Gasteiger partial charge < -0.3 is 10.1 Å². The van der Waals surface area contributed by atoms with Crippen LogP contribution in [-0.4, -0.2) is 48.6 Å². The molecule has 7 nitrogen and oxygen atoms in total. The molecule has 1 saturated heterocycles. The van der Waals surface area contributed by atoms with Crippen molar-refractivity contribution in [2.45, 2.75) is 6.04 Å². The molecule has 1 fully saturated rings. The number of morpholine rings is 1. The normalized spacial score (nSPS) is 16.2. The van der Waals surface area contributed by atoms with E-state index in [1.807, 2.05) is 11.4 Å². The van der Waals surface area contributed by atoms with E-state index in [-0.39, 0.29) is 28.2 Å². The van der Waals surface area contributed by atoms with Crippen LogP contribution in [0.2, 0.25) is 5.02 Å². The smallest absolute Gasteiger partial charge is 0.270 e. The largest absolute Gasteiger partial charge is 0.379 e. The Labute approximate surface area is 159 Å². The van der Waals surface area contributed by atoms with Crippen molar-refractivity contribution in [1.29, 1.82) is 0 Å². The summed E-state index contributed by atoms with van der Waals surface area (Å²) >= 11 is 7.69. The molecule has 1 amide bonds. The van der Waals surface area contributed by atoms with Crippen LogP contribution >= 0.6 is 22.9 Å². The van der Waals surface area contributed by atoms with Crippen LogP contribution in [0.5, 0.6) is 0 Å². The Bertz CT molecular complexity index is 778. The molecule has 1 aromatic heterocycles. The molecule has 1 N–H and O–H groups in total. The van der Waals surface area contributed by atoms with Crippen molar-refractivity contribution >= 4 is 34.5 Å². The Morgan fingerprint density at radius 1 is 1.38 bits per heavy atom. The first-order valence-corrected chi connectivity index (χ1v) is 9.39. The van der Waals surface area contributed by atoms with Crippen LogP contribution in [0, 0.1) is 10.1 Å². The third kappa shape index (κ3) is 4.39. The van der Waals surface area contributed by atoms with Crippen molar-refractivity contribution in [3.8, 4) is 0 Å². The van der Waals surface area contributed by atoms with Gasteiger partial charge in [0, 0.05) is 36.6 Å². The fourth-order valence-electron chi connectivity index (χ4n) is 2.87. The standard InChI is InChI=1S/C17H18ClN3O4S/c18-14-10-12(21(23)24)3-4-13(14)17(22)19-11-15(16-2-1-9-26-16)20-5-7-25-8-6-20/h1-4,9-10,15H,5-8,11H2,(H,19,22)/t15-/m1/s1. The zero-order valence-corrected chi connectivity index (χ0v) is 15.5. The second-order valence-corrected chi connectivity index (χ2v) is 7.20. The lowest BCUT2D eigenvalue weighted by atomic mass is 10.1. The molecule has 0 aliphatic carbocycles. The lowest BCUT2D eigenvalue weighted by molar-refractivity contribution is -0.384. The first-order valence-electron chi connectivity index (χ1n) is 8.13. The number of nitro groups is 1. The van der Waals surface area contributed by atoms with E-state index in [9.17, 15) is 14.9 Å². The summed E-state index contributed by atoms with van der Waals surface area (Å²) in [4.78, 5) is 26.2. The Hall–Kier alpha value is -2.00. The van der Waals surface area contributed by atoms with Crippen molar-refractivity contribution in [3.63, 3.8) is 0 Å². The number of nitrogens with one attached hydrogen (secondary N) is 1. The molecule has 0 saturated carbocycles. The Morgan fingerprint density at radius 3 is 2.77 bits per heavy atom. The van der Waals surface area contributed by atoms with Gasteiger partial charge in [0.25, 0.3) is 11.6 Å². The molecule has 0 spiro atoms. The van der Waals surface area contributed by atoms with E-state index in [2.05, 4.69) is 16.3 Å². The number of benzene rings is 1. The monoisotopic (exact) mass is 395 g/mol.